The summed E-state index contributed by atoms with van der Waals surface area (Å²) in [6, 6.07) is 3.36. The molecule has 0 N–H and O–H groups in total. The molecular weight excluding hydrogens is 238 g/mol. The van der Waals surface area contributed by atoms with Gasteiger partial charge in [-0.05, 0) is 18.6 Å². The lowest BCUT2D eigenvalue weighted by atomic mass is 10.2. The normalized spacial score (nSPS) is 12.1. The first kappa shape index (κ1) is 13.8. The van der Waals surface area contributed by atoms with Crippen molar-refractivity contribution < 1.29 is 13.7 Å². The fourth-order valence-corrected chi connectivity index (χ4v) is 2.55. The van der Waals surface area contributed by atoms with Crippen molar-refractivity contribution in [2.24, 2.45) is 0 Å². The van der Waals surface area contributed by atoms with Crippen molar-refractivity contribution in [2.75, 3.05) is 12.9 Å². The number of aromatic nitrogens is 1. The van der Waals surface area contributed by atoms with Crippen molar-refractivity contribution in [2.45, 2.75) is 25.5 Å². The second kappa shape index (κ2) is 7.17. The molecule has 0 amide bonds. The minimum atomic E-state index is -0.869. The molecule has 0 aliphatic rings. The van der Waals surface area contributed by atoms with Crippen LogP contribution in [0.4, 0.5) is 0 Å². The molecule has 94 valence electrons. The average molecular weight is 255 g/mol. The number of hydrogen-bond donors (Lipinski definition) is 0. The number of pyridine rings is 1. The van der Waals surface area contributed by atoms with Gasteiger partial charge in [-0.2, -0.15) is 0 Å². The maximum absolute atomic E-state index is 11.6. The lowest BCUT2D eigenvalue weighted by Gasteiger charge is -2.02. The van der Waals surface area contributed by atoms with Crippen molar-refractivity contribution in [3.05, 3.63) is 29.6 Å². The van der Waals surface area contributed by atoms with Gasteiger partial charge in [-0.15, -0.1) is 0 Å². The minimum Gasteiger partial charge on any atom is -0.465 e. The van der Waals surface area contributed by atoms with E-state index >= 15 is 0 Å². The summed E-state index contributed by atoms with van der Waals surface area (Å²) in [7, 11) is 0.461. The highest BCUT2D eigenvalue weighted by Gasteiger charge is 2.07. The lowest BCUT2D eigenvalue weighted by Crippen LogP contribution is -2.05. The summed E-state index contributed by atoms with van der Waals surface area (Å²) in [5.41, 5.74) is 1.16. The number of carbonyl (C=O) groups is 1. The summed E-state index contributed by atoms with van der Waals surface area (Å²) >= 11 is 0. The Morgan fingerprint density at radius 2 is 2.24 bits per heavy atom. The number of nitrogens with zero attached hydrogens (tertiary/aromatic N) is 1. The van der Waals surface area contributed by atoms with E-state index in [0.29, 0.717) is 17.1 Å². The monoisotopic (exact) mass is 255 g/mol. The topological polar surface area (TPSA) is 56.3 Å². The highest BCUT2D eigenvalue weighted by molar-refractivity contribution is 7.84. The van der Waals surface area contributed by atoms with E-state index in [2.05, 4.69) is 16.6 Å². The van der Waals surface area contributed by atoms with Gasteiger partial charge in [0.05, 0.1) is 24.1 Å². The number of methoxy groups -OCH3 is 1. The van der Waals surface area contributed by atoms with Gasteiger partial charge in [-0.1, -0.05) is 13.3 Å². The third-order valence-corrected chi connectivity index (χ3v) is 3.64. The predicted molar refractivity (Wildman–Crippen MR) is 67.2 cm³/mol. The van der Waals surface area contributed by atoms with Gasteiger partial charge in [0.15, 0.2) is 0 Å². The summed E-state index contributed by atoms with van der Waals surface area (Å²) < 4.78 is 16.2. The second-order valence-corrected chi connectivity index (χ2v) is 5.25. The van der Waals surface area contributed by atoms with Crippen molar-refractivity contribution >= 4 is 16.8 Å². The highest BCUT2D eigenvalue weighted by Crippen LogP contribution is 2.05. The molecular formula is C12H17NO3S. The Morgan fingerprint density at radius 3 is 2.76 bits per heavy atom. The van der Waals surface area contributed by atoms with Crippen LogP contribution in [0.15, 0.2) is 18.3 Å². The molecule has 1 rings (SSSR count). The van der Waals surface area contributed by atoms with E-state index in [1.165, 1.54) is 13.3 Å². The summed E-state index contributed by atoms with van der Waals surface area (Å²) in [5, 5.41) is 0. The number of carbonyl (C=O) groups excluding carboxylic acids is 1. The van der Waals surface area contributed by atoms with E-state index in [1.54, 1.807) is 12.1 Å². The second-order valence-electron chi connectivity index (χ2n) is 3.67. The van der Waals surface area contributed by atoms with Gasteiger partial charge in [-0.25, -0.2) is 4.79 Å². The highest BCUT2D eigenvalue weighted by atomic mass is 32.2. The zero-order valence-electron chi connectivity index (χ0n) is 10.1. The molecule has 0 aliphatic heterocycles. The van der Waals surface area contributed by atoms with Crippen LogP contribution in [0.2, 0.25) is 0 Å². The fourth-order valence-electron chi connectivity index (χ4n) is 1.29. The maximum Gasteiger partial charge on any atom is 0.339 e. The van der Waals surface area contributed by atoms with Crippen molar-refractivity contribution in [1.82, 2.24) is 4.98 Å². The lowest BCUT2D eigenvalue weighted by molar-refractivity contribution is 0.0600. The molecule has 5 heteroatoms. The largest absolute Gasteiger partial charge is 0.465 e. The van der Waals surface area contributed by atoms with Gasteiger partial charge in [0.2, 0.25) is 0 Å². The standard InChI is InChI=1S/C12H17NO3S/c1-3-4-7-17(15)9-11-6-5-10(8-13-11)12(14)16-2/h5-6,8H,3-4,7,9H2,1-2H3. The first-order valence-corrected chi connectivity index (χ1v) is 7.04. The molecule has 1 heterocycles. The van der Waals surface area contributed by atoms with Crippen LogP contribution in [0, 0.1) is 0 Å². The van der Waals surface area contributed by atoms with E-state index < -0.39 is 16.8 Å². The quantitative estimate of drug-likeness (QED) is 0.729. The van der Waals surface area contributed by atoms with E-state index in [-0.39, 0.29) is 0 Å². The Balaban J connectivity index is 2.56. The number of unbranched alkanes of at least 4 members (excludes halogenated alkanes) is 1. The SMILES string of the molecule is CCCCS(=O)Cc1ccc(C(=O)OC)cn1. The molecule has 0 saturated heterocycles. The Hall–Kier alpha value is -1.23. The van der Waals surface area contributed by atoms with Crippen LogP contribution >= 0.6 is 0 Å². The van der Waals surface area contributed by atoms with Crippen molar-refractivity contribution in [1.29, 1.82) is 0 Å². The summed E-state index contributed by atoms with van der Waals surface area (Å²) in [6.07, 6.45) is 3.46. The molecule has 1 aromatic rings. The number of rotatable bonds is 6. The van der Waals surface area contributed by atoms with Crippen molar-refractivity contribution in [3.8, 4) is 0 Å². The summed E-state index contributed by atoms with van der Waals surface area (Å²) in [6.45, 7) is 2.07. The average Bonchev–Trinajstić information content (AvgIpc) is 2.36. The molecule has 17 heavy (non-hydrogen) atoms. The van der Waals surface area contributed by atoms with Crippen LogP contribution in [0.25, 0.3) is 0 Å². The molecule has 1 atom stereocenters. The van der Waals surface area contributed by atoms with Gasteiger partial charge >= 0.3 is 5.97 Å². The first-order valence-electron chi connectivity index (χ1n) is 5.55. The number of hydrogen-bond acceptors (Lipinski definition) is 4. The molecule has 0 radical (unpaired) electrons. The number of ether oxygens (including phenoxy) is 1. The zero-order chi connectivity index (χ0) is 12.7. The maximum atomic E-state index is 11.6. The van der Waals surface area contributed by atoms with Crippen LogP contribution in [0.3, 0.4) is 0 Å². The predicted octanol–water partition coefficient (Wildman–Crippen LogP) is 1.92. The molecule has 0 fully saturated rings. The van der Waals surface area contributed by atoms with Gasteiger partial charge in [0.1, 0.15) is 0 Å². The molecule has 1 unspecified atom stereocenters. The summed E-state index contributed by atoms with van der Waals surface area (Å²) in [4.78, 5) is 15.3. The first-order chi connectivity index (χ1) is 8.17. The van der Waals surface area contributed by atoms with Gasteiger partial charge in [0.25, 0.3) is 0 Å². The molecule has 0 bridgehead atoms. The smallest absolute Gasteiger partial charge is 0.339 e. The van der Waals surface area contributed by atoms with Crippen LogP contribution in [0.5, 0.6) is 0 Å². The Kier molecular flexibility index (Phi) is 5.83. The fraction of sp³-hybridized carbons (Fsp3) is 0.500. The number of esters is 1. The third-order valence-electron chi connectivity index (χ3n) is 2.28. The van der Waals surface area contributed by atoms with Crippen LogP contribution < -0.4 is 0 Å². The van der Waals surface area contributed by atoms with E-state index in [9.17, 15) is 9.00 Å². The molecule has 1 aromatic heterocycles. The van der Waals surface area contributed by atoms with Crippen molar-refractivity contribution in [3.63, 3.8) is 0 Å². The summed E-state index contributed by atoms with van der Waals surface area (Å²) in [5.74, 6) is 0.745. The van der Waals surface area contributed by atoms with Crippen LogP contribution in [-0.2, 0) is 21.3 Å². The third kappa shape index (κ3) is 4.65. The van der Waals surface area contributed by atoms with E-state index in [0.717, 1.165) is 18.5 Å². The Bertz CT molecular complexity index is 389. The van der Waals surface area contributed by atoms with Gasteiger partial charge in [0, 0.05) is 22.7 Å². The zero-order valence-corrected chi connectivity index (χ0v) is 11.0. The van der Waals surface area contributed by atoms with Gasteiger partial charge < -0.3 is 4.74 Å². The minimum absolute atomic E-state index is 0.406. The van der Waals surface area contributed by atoms with E-state index in [4.69, 9.17) is 0 Å². The van der Waals surface area contributed by atoms with Crippen LogP contribution in [0.1, 0.15) is 35.8 Å². The Morgan fingerprint density at radius 1 is 1.47 bits per heavy atom. The van der Waals surface area contributed by atoms with E-state index in [1.807, 2.05) is 0 Å². The molecule has 0 spiro atoms. The molecule has 0 aromatic carbocycles. The van der Waals surface area contributed by atoms with Crippen LogP contribution in [-0.4, -0.2) is 28.0 Å². The molecule has 0 saturated carbocycles. The molecule has 4 nitrogen and oxygen atoms in total. The Labute approximate surface area is 104 Å². The molecule has 0 aliphatic carbocycles. The van der Waals surface area contributed by atoms with Gasteiger partial charge in [-0.3, -0.25) is 9.19 Å².